The molecule has 0 aliphatic heterocycles. The lowest BCUT2D eigenvalue weighted by atomic mass is 9.86. The summed E-state index contributed by atoms with van der Waals surface area (Å²) in [5.74, 6) is 0.739. The third-order valence-electron chi connectivity index (χ3n) is 3.93. The first-order valence-corrected chi connectivity index (χ1v) is 8.46. The zero-order valence-electron chi connectivity index (χ0n) is 12.2. The SMILES string of the molecule is CC1CCCCC1NC(=O)CN(C)Cc1ccc(Cl)s1. The minimum absolute atomic E-state index is 0.133. The van der Waals surface area contributed by atoms with Crippen LogP contribution in [0.1, 0.15) is 37.5 Å². The molecule has 1 saturated carbocycles. The second-order valence-electron chi connectivity index (χ2n) is 5.81. The first-order chi connectivity index (χ1) is 9.54. The topological polar surface area (TPSA) is 32.3 Å². The molecule has 5 heteroatoms. The van der Waals surface area contributed by atoms with Crippen LogP contribution in [0.5, 0.6) is 0 Å². The Hall–Kier alpha value is -0.580. The minimum atomic E-state index is 0.133. The number of halogens is 1. The summed E-state index contributed by atoms with van der Waals surface area (Å²) < 4.78 is 0.800. The highest BCUT2D eigenvalue weighted by Gasteiger charge is 2.23. The van der Waals surface area contributed by atoms with Gasteiger partial charge in [-0.1, -0.05) is 31.4 Å². The van der Waals surface area contributed by atoms with Crippen molar-refractivity contribution in [2.24, 2.45) is 5.92 Å². The Bertz CT molecular complexity index is 449. The Balaban J connectivity index is 1.75. The molecule has 1 aliphatic carbocycles. The molecule has 20 heavy (non-hydrogen) atoms. The molecule has 112 valence electrons. The predicted octanol–water partition coefficient (Wildman–Crippen LogP) is 3.53. The number of nitrogens with one attached hydrogen (secondary N) is 1. The molecule has 0 saturated heterocycles. The first-order valence-electron chi connectivity index (χ1n) is 7.26. The van der Waals surface area contributed by atoms with E-state index < -0.39 is 0 Å². The van der Waals surface area contributed by atoms with Crippen LogP contribution in [0, 0.1) is 5.92 Å². The average molecular weight is 315 g/mol. The summed E-state index contributed by atoms with van der Waals surface area (Å²) in [7, 11) is 1.97. The van der Waals surface area contributed by atoms with Gasteiger partial charge in [-0.05, 0) is 37.9 Å². The van der Waals surface area contributed by atoms with Gasteiger partial charge in [0.15, 0.2) is 0 Å². The van der Waals surface area contributed by atoms with Gasteiger partial charge in [0.1, 0.15) is 0 Å². The van der Waals surface area contributed by atoms with Gasteiger partial charge in [-0.3, -0.25) is 9.69 Å². The smallest absolute Gasteiger partial charge is 0.234 e. The molecule has 1 fully saturated rings. The van der Waals surface area contributed by atoms with Crippen molar-refractivity contribution in [3.05, 3.63) is 21.3 Å². The number of amides is 1. The normalized spacial score (nSPS) is 23.0. The number of thiophene rings is 1. The fraction of sp³-hybridized carbons (Fsp3) is 0.667. The number of nitrogens with zero attached hydrogens (tertiary/aromatic N) is 1. The van der Waals surface area contributed by atoms with Crippen LogP contribution in [0.4, 0.5) is 0 Å². The second-order valence-corrected chi connectivity index (χ2v) is 7.61. The molecule has 1 amide bonds. The van der Waals surface area contributed by atoms with Crippen molar-refractivity contribution in [3.8, 4) is 0 Å². The fourth-order valence-electron chi connectivity index (χ4n) is 2.79. The molecule has 0 spiro atoms. The van der Waals surface area contributed by atoms with Gasteiger partial charge in [0.2, 0.25) is 5.91 Å². The molecule has 2 unspecified atom stereocenters. The molecule has 0 bridgehead atoms. The van der Waals surface area contributed by atoms with Crippen molar-refractivity contribution in [1.82, 2.24) is 10.2 Å². The molecule has 2 rings (SSSR count). The van der Waals surface area contributed by atoms with E-state index in [4.69, 9.17) is 11.6 Å². The zero-order chi connectivity index (χ0) is 14.5. The van der Waals surface area contributed by atoms with Crippen molar-refractivity contribution in [1.29, 1.82) is 0 Å². The van der Waals surface area contributed by atoms with Gasteiger partial charge in [-0.25, -0.2) is 0 Å². The second kappa shape index (κ2) is 7.43. The maximum absolute atomic E-state index is 12.1. The molecular weight excluding hydrogens is 292 g/mol. The number of carbonyl (C=O) groups excluding carboxylic acids is 1. The largest absolute Gasteiger partial charge is 0.352 e. The number of likely N-dealkylation sites (N-methyl/N-ethyl adjacent to an activating group) is 1. The molecule has 1 N–H and O–H groups in total. The molecule has 1 aromatic heterocycles. The van der Waals surface area contributed by atoms with Crippen molar-refractivity contribution in [2.75, 3.05) is 13.6 Å². The van der Waals surface area contributed by atoms with Crippen LogP contribution in [-0.2, 0) is 11.3 Å². The predicted molar refractivity (Wildman–Crippen MR) is 85.2 cm³/mol. The number of rotatable bonds is 5. The maximum atomic E-state index is 12.1. The number of carbonyl (C=O) groups is 1. The number of hydrogen-bond donors (Lipinski definition) is 1. The number of hydrogen-bond acceptors (Lipinski definition) is 3. The van der Waals surface area contributed by atoms with E-state index in [1.807, 2.05) is 24.1 Å². The summed E-state index contributed by atoms with van der Waals surface area (Å²) in [6, 6.07) is 4.28. The minimum Gasteiger partial charge on any atom is -0.352 e. The van der Waals surface area contributed by atoms with Gasteiger partial charge in [-0.15, -0.1) is 11.3 Å². The quantitative estimate of drug-likeness (QED) is 0.901. The first kappa shape index (κ1) is 15.8. The van der Waals surface area contributed by atoms with Gasteiger partial charge in [-0.2, -0.15) is 0 Å². The highest BCUT2D eigenvalue weighted by molar-refractivity contribution is 7.16. The van der Waals surface area contributed by atoms with E-state index in [0.717, 1.165) is 17.3 Å². The lowest BCUT2D eigenvalue weighted by molar-refractivity contribution is -0.123. The van der Waals surface area contributed by atoms with Gasteiger partial charge in [0.05, 0.1) is 10.9 Å². The van der Waals surface area contributed by atoms with Gasteiger partial charge >= 0.3 is 0 Å². The molecule has 0 radical (unpaired) electrons. The highest BCUT2D eigenvalue weighted by Crippen LogP contribution is 2.24. The Labute approximate surface area is 130 Å². The molecule has 1 aliphatic rings. The van der Waals surface area contributed by atoms with Crippen LogP contribution < -0.4 is 5.32 Å². The summed E-state index contributed by atoms with van der Waals surface area (Å²) in [6.07, 6.45) is 4.89. The van der Waals surface area contributed by atoms with E-state index in [0.29, 0.717) is 18.5 Å². The summed E-state index contributed by atoms with van der Waals surface area (Å²) in [5.41, 5.74) is 0. The van der Waals surface area contributed by atoms with E-state index in [-0.39, 0.29) is 5.91 Å². The molecule has 0 aromatic carbocycles. The fourth-order valence-corrected chi connectivity index (χ4v) is 3.95. The van der Waals surface area contributed by atoms with Gasteiger partial charge < -0.3 is 5.32 Å². The summed E-state index contributed by atoms with van der Waals surface area (Å²) in [4.78, 5) is 15.3. The van der Waals surface area contributed by atoms with Crippen LogP contribution in [-0.4, -0.2) is 30.4 Å². The van der Waals surface area contributed by atoms with E-state index >= 15 is 0 Å². The Kier molecular flexibility index (Phi) is 5.87. The van der Waals surface area contributed by atoms with Crippen LogP contribution in [0.2, 0.25) is 4.34 Å². The Morgan fingerprint density at radius 2 is 2.20 bits per heavy atom. The monoisotopic (exact) mass is 314 g/mol. The van der Waals surface area contributed by atoms with Gasteiger partial charge in [0.25, 0.3) is 0 Å². The molecular formula is C15H23ClN2OS. The van der Waals surface area contributed by atoms with Crippen LogP contribution >= 0.6 is 22.9 Å². The molecule has 2 atom stereocenters. The van der Waals surface area contributed by atoms with Crippen LogP contribution in [0.15, 0.2) is 12.1 Å². The van der Waals surface area contributed by atoms with Gasteiger partial charge in [0, 0.05) is 17.5 Å². The molecule has 1 heterocycles. The lowest BCUT2D eigenvalue weighted by Crippen LogP contribution is -2.44. The summed E-state index contributed by atoms with van der Waals surface area (Å²) in [5, 5.41) is 3.19. The van der Waals surface area contributed by atoms with E-state index in [9.17, 15) is 4.79 Å². The van der Waals surface area contributed by atoms with Crippen molar-refractivity contribution >= 4 is 28.8 Å². The van der Waals surface area contributed by atoms with Crippen molar-refractivity contribution < 1.29 is 4.79 Å². The standard InChI is InChI=1S/C15H23ClN2OS/c1-11-5-3-4-6-13(11)17-15(19)10-18(2)9-12-7-8-14(16)20-12/h7-8,11,13H,3-6,9-10H2,1-2H3,(H,17,19). The lowest BCUT2D eigenvalue weighted by Gasteiger charge is -2.30. The molecule has 3 nitrogen and oxygen atoms in total. The zero-order valence-corrected chi connectivity index (χ0v) is 13.8. The van der Waals surface area contributed by atoms with E-state index in [1.54, 1.807) is 11.3 Å². The Morgan fingerprint density at radius 1 is 1.45 bits per heavy atom. The van der Waals surface area contributed by atoms with E-state index in [1.165, 1.54) is 24.1 Å². The summed E-state index contributed by atoms with van der Waals surface area (Å²) in [6.45, 7) is 3.45. The maximum Gasteiger partial charge on any atom is 0.234 e. The van der Waals surface area contributed by atoms with E-state index in [2.05, 4.69) is 12.2 Å². The average Bonchev–Trinajstić information content (AvgIpc) is 2.77. The highest BCUT2D eigenvalue weighted by atomic mass is 35.5. The van der Waals surface area contributed by atoms with Crippen molar-refractivity contribution in [3.63, 3.8) is 0 Å². The Morgan fingerprint density at radius 3 is 2.85 bits per heavy atom. The summed E-state index contributed by atoms with van der Waals surface area (Å²) >= 11 is 7.49. The third-order valence-corrected chi connectivity index (χ3v) is 5.14. The third kappa shape index (κ3) is 4.76. The van der Waals surface area contributed by atoms with Crippen LogP contribution in [0.3, 0.4) is 0 Å². The molecule has 1 aromatic rings. The van der Waals surface area contributed by atoms with Crippen LogP contribution in [0.25, 0.3) is 0 Å². The van der Waals surface area contributed by atoms with Crippen molar-refractivity contribution in [2.45, 2.75) is 45.2 Å².